The Labute approximate surface area is 149 Å². The average molecular weight is 345 g/mol. The fourth-order valence-corrected chi connectivity index (χ4v) is 2.75. The molecule has 6 heteroatoms. The summed E-state index contributed by atoms with van der Waals surface area (Å²) in [6, 6.07) is 7.47. The molecule has 0 spiro atoms. The van der Waals surface area contributed by atoms with Crippen molar-refractivity contribution in [3.8, 4) is 0 Å². The van der Waals surface area contributed by atoms with E-state index >= 15 is 0 Å². The minimum absolute atomic E-state index is 0.0256. The van der Waals surface area contributed by atoms with Crippen molar-refractivity contribution in [3.05, 3.63) is 29.8 Å². The standard InChI is InChI=1S/C19H27N3O3/c1-4-22(14(3)23)12-15-6-5-7-16(11-15)21-18(24)8-9-20-19(25)17-10-13(17)2/h5-7,11,13,17H,4,8-10,12H2,1-3H3,(H,20,25)(H,21,24). The maximum Gasteiger partial charge on any atom is 0.226 e. The van der Waals surface area contributed by atoms with Gasteiger partial charge in [0.05, 0.1) is 0 Å². The van der Waals surface area contributed by atoms with Crippen molar-refractivity contribution >= 4 is 23.4 Å². The Morgan fingerprint density at radius 3 is 2.60 bits per heavy atom. The third kappa shape index (κ3) is 5.89. The van der Waals surface area contributed by atoms with Gasteiger partial charge < -0.3 is 15.5 Å². The van der Waals surface area contributed by atoms with Crippen molar-refractivity contribution in [1.82, 2.24) is 10.2 Å². The first-order valence-electron chi connectivity index (χ1n) is 8.82. The lowest BCUT2D eigenvalue weighted by Crippen LogP contribution is -2.29. The van der Waals surface area contributed by atoms with Crippen LogP contribution in [0.3, 0.4) is 0 Å². The summed E-state index contributed by atoms with van der Waals surface area (Å²) in [5.41, 5.74) is 1.66. The Hall–Kier alpha value is -2.37. The predicted molar refractivity (Wildman–Crippen MR) is 96.7 cm³/mol. The number of nitrogens with one attached hydrogen (secondary N) is 2. The summed E-state index contributed by atoms with van der Waals surface area (Å²) < 4.78 is 0. The van der Waals surface area contributed by atoms with Crippen LogP contribution in [0.2, 0.25) is 0 Å². The van der Waals surface area contributed by atoms with Gasteiger partial charge in [0.25, 0.3) is 0 Å². The second-order valence-corrected chi connectivity index (χ2v) is 6.64. The molecule has 25 heavy (non-hydrogen) atoms. The largest absolute Gasteiger partial charge is 0.355 e. The molecule has 2 rings (SSSR count). The van der Waals surface area contributed by atoms with Gasteiger partial charge in [-0.15, -0.1) is 0 Å². The summed E-state index contributed by atoms with van der Waals surface area (Å²) in [5.74, 6) is 0.529. The third-order valence-electron chi connectivity index (χ3n) is 4.51. The number of carbonyl (C=O) groups is 3. The smallest absolute Gasteiger partial charge is 0.226 e. The van der Waals surface area contributed by atoms with Gasteiger partial charge in [0.1, 0.15) is 0 Å². The fourth-order valence-electron chi connectivity index (χ4n) is 2.75. The number of hydrogen-bond donors (Lipinski definition) is 2. The summed E-state index contributed by atoms with van der Waals surface area (Å²) >= 11 is 0. The van der Waals surface area contributed by atoms with Crippen LogP contribution in [0.4, 0.5) is 5.69 Å². The number of anilines is 1. The van der Waals surface area contributed by atoms with Crippen LogP contribution in [-0.4, -0.2) is 35.7 Å². The molecule has 0 heterocycles. The van der Waals surface area contributed by atoms with E-state index < -0.39 is 0 Å². The van der Waals surface area contributed by atoms with Gasteiger partial charge in [0, 0.05) is 44.6 Å². The molecule has 0 aromatic heterocycles. The molecule has 1 aliphatic carbocycles. The number of nitrogens with zero attached hydrogens (tertiary/aromatic N) is 1. The van der Waals surface area contributed by atoms with Crippen LogP contribution in [0.25, 0.3) is 0 Å². The Bertz CT molecular complexity index is 645. The SMILES string of the molecule is CCN(Cc1cccc(NC(=O)CCNC(=O)C2CC2C)c1)C(C)=O. The van der Waals surface area contributed by atoms with E-state index in [9.17, 15) is 14.4 Å². The van der Waals surface area contributed by atoms with Crippen LogP contribution in [0.15, 0.2) is 24.3 Å². The van der Waals surface area contributed by atoms with E-state index in [-0.39, 0.29) is 30.1 Å². The molecule has 2 atom stereocenters. The maximum absolute atomic E-state index is 12.0. The highest BCUT2D eigenvalue weighted by molar-refractivity contribution is 5.91. The average Bonchev–Trinajstić information content (AvgIpc) is 3.29. The van der Waals surface area contributed by atoms with E-state index in [0.717, 1.165) is 12.0 Å². The highest BCUT2D eigenvalue weighted by Gasteiger charge is 2.38. The lowest BCUT2D eigenvalue weighted by Gasteiger charge is -2.19. The minimum Gasteiger partial charge on any atom is -0.355 e. The fraction of sp³-hybridized carbons (Fsp3) is 0.526. The van der Waals surface area contributed by atoms with Gasteiger partial charge in [-0.1, -0.05) is 19.1 Å². The van der Waals surface area contributed by atoms with Crippen LogP contribution < -0.4 is 10.6 Å². The Kier molecular flexibility index (Phi) is 6.56. The minimum atomic E-state index is -0.139. The lowest BCUT2D eigenvalue weighted by molar-refractivity contribution is -0.129. The molecule has 1 aromatic carbocycles. The van der Waals surface area contributed by atoms with Gasteiger partial charge in [0.2, 0.25) is 17.7 Å². The van der Waals surface area contributed by atoms with Gasteiger partial charge in [-0.05, 0) is 37.0 Å². The highest BCUT2D eigenvalue weighted by Crippen LogP contribution is 2.37. The molecule has 136 valence electrons. The van der Waals surface area contributed by atoms with Gasteiger partial charge in [0.15, 0.2) is 0 Å². The number of amides is 3. The molecule has 0 bridgehead atoms. The van der Waals surface area contributed by atoms with Gasteiger partial charge in [-0.3, -0.25) is 14.4 Å². The molecule has 1 saturated carbocycles. The zero-order valence-electron chi connectivity index (χ0n) is 15.2. The van der Waals surface area contributed by atoms with E-state index in [4.69, 9.17) is 0 Å². The van der Waals surface area contributed by atoms with Crippen molar-refractivity contribution in [1.29, 1.82) is 0 Å². The second-order valence-electron chi connectivity index (χ2n) is 6.64. The molecule has 1 fully saturated rings. The zero-order valence-corrected chi connectivity index (χ0v) is 15.2. The number of rotatable bonds is 8. The molecular formula is C19H27N3O3. The molecule has 1 aliphatic rings. The van der Waals surface area contributed by atoms with Crippen LogP contribution in [0.5, 0.6) is 0 Å². The third-order valence-corrected chi connectivity index (χ3v) is 4.51. The summed E-state index contributed by atoms with van der Waals surface area (Å²) in [6.07, 6.45) is 1.19. The molecule has 6 nitrogen and oxygen atoms in total. The molecule has 2 N–H and O–H groups in total. The number of hydrogen-bond acceptors (Lipinski definition) is 3. The first kappa shape index (κ1) is 19.0. The Morgan fingerprint density at radius 1 is 1.28 bits per heavy atom. The molecule has 3 amide bonds. The van der Waals surface area contributed by atoms with E-state index in [0.29, 0.717) is 31.2 Å². The summed E-state index contributed by atoms with van der Waals surface area (Å²) in [6.45, 7) is 7.04. The summed E-state index contributed by atoms with van der Waals surface area (Å²) in [4.78, 5) is 37.0. The quantitative estimate of drug-likeness (QED) is 0.758. The second kappa shape index (κ2) is 8.65. The molecule has 0 aliphatic heterocycles. The Balaban J connectivity index is 1.79. The van der Waals surface area contributed by atoms with Gasteiger partial charge in [-0.25, -0.2) is 0 Å². The summed E-state index contributed by atoms with van der Waals surface area (Å²) in [7, 11) is 0. The topological polar surface area (TPSA) is 78.5 Å². The van der Waals surface area contributed by atoms with Crippen LogP contribution in [0.1, 0.15) is 39.2 Å². The molecule has 0 saturated heterocycles. The molecule has 2 unspecified atom stereocenters. The predicted octanol–water partition coefficient (Wildman–Crippen LogP) is 2.16. The van der Waals surface area contributed by atoms with Crippen molar-refractivity contribution < 1.29 is 14.4 Å². The van der Waals surface area contributed by atoms with E-state index in [2.05, 4.69) is 17.6 Å². The first-order valence-corrected chi connectivity index (χ1v) is 8.82. The monoisotopic (exact) mass is 345 g/mol. The summed E-state index contributed by atoms with van der Waals surface area (Å²) in [5, 5.41) is 5.64. The lowest BCUT2D eigenvalue weighted by atomic mass is 10.2. The van der Waals surface area contributed by atoms with Gasteiger partial charge in [-0.2, -0.15) is 0 Å². The van der Waals surface area contributed by atoms with Crippen molar-refractivity contribution in [2.45, 2.75) is 40.2 Å². The van der Waals surface area contributed by atoms with Crippen LogP contribution >= 0.6 is 0 Å². The number of carbonyl (C=O) groups excluding carboxylic acids is 3. The number of benzene rings is 1. The van der Waals surface area contributed by atoms with Gasteiger partial charge >= 0.3 is 0 Å². The van der Waals surface area contributed by atoms with E-state index in [1.807, 2.05) is 31.2 Å². The first-order chi connectivity index (χ1) is 11.9. The van der Waals surface area contributed by atoms with Crippen molar-refractivity contribution in [2.75, 3.05) is 18.4 Å². The van der Waals surface area contributed by atoms with E-state index in [1.165, 1.54) is 0 Å². The van der Waals surface area contributed by atoms with Crippen LogP contribution in [0, 0.1) is 11.8 Å². The zero-order chi connectivity index (χ0) is 18.4. The maximum atomic E-state index is 12.0. The molecule has 0 radical (unpaired) electrons. The van der Waals surface area contributed by atoms with E-state index in [1.54, 1.807) is 11.8 Å². The molecule has 1 aromatic rings. The van der Waals surface area contributed by atoms with Crippen molar-refractivity contribution in [3.63, 3.8) is 0 Å². The highest BCUT2D eigenvalue weighted by atomic mass is 16.2. The molecular weight excluding hydrogens is 318 g/mol. The van der Waals surface area contributed by atoms with Crippen molar-refractivity contribution in [2.24, 2.45) is 11.8 Å². The van der Waals surface area contributed by atoms with Crippen LogP contribution in [-0.2, 0) is 20.9 Å². The normalized spacial score (nSPS) is 18.4. The Morgan fingerprint density at radius 2 is 2.00 bits per heavy atom.